The van der Waals surface area contributed by atoms with Crippen LogP contribution in [0.2, 0.25) is 0 Å². The fourth-order valence-corrected chi connectivity index (χ4v) is 2.48. The van der Waals surface area contributed by atoms with Gasteiger partial charge in [-0.25, -0.2) is 4.39 Å². The fourth-order valence-electron chi connectivity index (χ4n) is 1.38. The third-order valence-corrected chi connectivity index (χ3v) is 3.58. The molecular formula is C11H8BrFN2O2S. The molecule has 0 aliphatic heterocycles. The van der Waals surface area contributed by atoms with E-state index in [1.165, 1.54) is 12.1 Å². The van der Waals surface area contributed by atoms with Crippen LogP contribution in [0.3, 0.4) is 0 Å². The van der Waals surface area contributed by atoms with Gasteiger partial charge in [-0.1, -0.05) is 17.4 Å². The first-order chi connectivity index (χ1) is 8.58. The summed E-state index contributed by atoms with van der Waals surface area (Å²) in [6.07, 6.45) is 0. The average Bonchev–Trinajstić information content (AvgIpc) is 2.72. The Labute approximate surface area is 114 Å². The minimum Gasteiger partial charge on any atom is -0.346 e. The molecule has 0 fully saturated rings. The molecule has 1 heterocycles. The van der Waals surface area contributed by atoms with Gasteiger partial charge in [-0.15, -0.1) is 0 Å². The lowest BCUT2D eigenvalue weighted by molar-refractivity contribution is 0.0945. The Kier molecular flexibility index (Phi) is 3.93. The number of aromatic nitrogens is 1. The van der Waals surface area contributed by atoms with Crippen LogP contribution >= 0.6 is 27.3 Å². The van der Waals surface area contributed by atoms with Crippen LogP contribution in [0, 0.1) is 5.82 Å². The average molecular weight is 331 g/mol. The van der Waals surface area contributed by atoms with Crippen molar-refractivity contribution in [1.29, 1.82) is 0 Å². The van der Waals surface area contributed by atoms with E-state index in [0.29, 0.717) is 10.2 Å². The zero-order chi connectivity index (χ0) is 13.1. The Hall–Kier alpha value is -1.47. The lowest BCUT2D eigenvalue weighted by Gasteiger charge is -2.06. The molecule has 1 aromatic heterocycles. The molecule has 0 radical (unpaired) electrons. The Morgan fingerprint density at radius 2 is 2.28 bits per heavy atom. The van der Waals surface area contributed by atoms with Gasteiger partial charge in [0.05, 0.1) is 12.1 Å². The second-order valence-corrected chi connectivity index (χ2v) is 5.15. The van der Waals surface area contributed by atoms with Gasteiger partial charge in [0.15, 0.2) is 0 Å². The SMILES string of the molecule is O=C(NCc1csc(=O)[nH]1)c1c(F)cccc1Br. The second kappa shape index (κ2) is 5.45. The number of H-pyrrole nitrogens is 1. The highest BCUT2D eigenvalue weighted by Crippen LogP contribution is 2.19. The van der Waals surface area contributed by atoms with E-state index in [1.807, 2.05) is 0 Å². The summed E-state index contributed by atoms with van der Waals surface area (Å²) in [6, 6.07) is 4.31. The summed E-state index contributed by atoms with van der Waals surface area (Å²) in [4.78, 5) is 25.1. The summed E-state index contributed by atoms with van der Waals surface area (Å²) in [5.41, 5.74) is 0.542. The summed E-state index contributed by atoms with van der Waals surface area (Å²) >= 11 is 4.13. The van der Waals surface area contributed by atoms with Crippen molar-refractivity contribution in [1.82, 2.24) is 10.3 Å². The first kappa shape index (κ1) is 13.0. The molecule has 0 saturated heterocycles. The number of thiazole rings is 1. The molecule has 7 heteroatoms. The molecule has 0 spiro atoms. The molecule has 0 aliphatic rings. The van der Waals surface area contributed by atoms with E-state index in [-0.39, 0.29) is 17.0 Å². The number of nitrogens with one attached hydrogen (secondary N) is 2. The van der Waals surface area contributed by atoms with Gasteiger partial charge in [0.2, 0.25) is 0 Å². The Morgan fingerprint density at radius 1 is 1.50 bits per heavy atom. The first-order valence-corrected chi connectivity index (χ1v) is 6.64. The van der Waals surface area contributed by atoms with Gasteiger partial charge in [0.25, 0.3) is 5.91 Å². The maximum absolute atomic E-state index is 13.5. The van der Waals surface area contributed by atoms with Crippen LogP contribution in [0.4, 0.5) is 4.39 Å². The molecule has 0 bridgehead atoms. The van der Waals surface area contributed by atoms with Crippen molar-refractivity contribution in [2.24, 2.45) is 0 Å². The molecule has 1 aromatic carbocycles. The monoisotopic (exact) mass is 330 g/mol. The smallest absolute Gasteiger partial charge is 0.304 e. The normalized spacial score (nSPS) is 10.3. The Bertz CT molecular complexity index is 618. The van der Waals surface area contributed by atoms with Crippen LogP contribution < -0.4 is 10.2 Å². The van der Waals surface area contributed by atoms with Crippen molar-refractivity contribution >= 4 is 33.2 Å². The van der Waals surface area contributed by atoms with Crippen molar-refractivity contribution in [3.05, 3.63) is 54.8 Å². The minimum absolute atomic E-state index is 0.0462. The number of aromatic amines is 1. The van der Waals surface area contributed by atoms with Crippen molar-refractivity contribution in [2.75, 3.05) is 0 Å². The molecule has 18 heavy (non-hydrogen) atoms. The highest BCUT2D eigenvalue weighted by molar-refractivity contribution is 9.10. The zero-order valence-electron chi connectivity index (χ0n) is 9.00. The van der Waals surface area contributed by atoms with E-state index < -0.39 is 11.7 Å². The number of benzene rings is 1. The van der Waals surface area contributed by atoms with Crippen molar-refractivity contribution in [3.8, 4) is 0 Å². The van der Waals surface area contributed by atoms with Gasteiger partial charge >= 0.3 is 4.87 Å². The predicted octanol–water partition coefficient (Wildman–Crippen LogP) is 2.27. The fraction of sp³-hybridized carbons (Fsp3) is 0.0909. The first-order valence-electron chi connectivity index (χ1n) is 4.97. The Balaban J connectivity index is 2.11. The van der Waals surface area contributed by atoms with Crippen molar-refractivity contribution < 1.29 is 9.18 Å². The van der Waals surface area contributed by atoms with Crippen molar-refractivity contribution in [3.63, 3.8) is 0 Å². The molecule has 2 N–H and O–H groups in total. The van der Waals surface area contributed by atoms with Gasteiger partial charge in [-0.05, 0) is 28.1 Å². The third kappa shape index (κ3) is 2.85. The molecule has 1 amide bonds. The maximum atomic E-state index is 13.5. The van der Waals surface area contributed by atoms with Crippen molar-refractivity contribution in [2.45, 2.75) is 6.54 Å². The lowest BCUT2D eigenvalue weighted by Crippen LogP contribution is -2.24. The van der Waals surface area contributed by atoms with Gasteiger partial charge < -0.3 is 10.3 Å². The number of hydrogen-bond acceptors (Lipinski definition) is 3. The van der Waals surface area contributed by atoms with Crippen LogP contribution in [0.1, 0.15) is 16.1 Å². The largest absolute Gasteiger partial charge is 0.346 e. The molecule has 0 aliphatic carbocycles. The summed E-state index contributed by atoms with van der Waals surface area (Å²) in [7, 11) is 0. The lowest BCUT2D eigenvalue weighted by atomic mass is 10.2. The molecule has 0 unspecified atom stereocenters. The van der Waals surface area contributed by atoms with Gasteiger partial charge in [-0.3, -0.25) is 9.59 Å². The number of amides is 1. The van der Waals surface area contributed by atoms with E-state index in [0.717, 1.165) is 11.3 Å². The van der Waals surface area contributed by atoms with Gasteiger partial charge in [-0.2, -0.15) is 0 Å². The summed E-state index contributed by atoms with van der Waals surface area (Å²) in [6.45, 7) is 0.151. The molecule has 2 rings (SSSR count). The molecule has 0 saturated carbocycles. The number of carbonyl (C=O) groups is 1. The topological polar surface area (TPSA) is 62.0 Å². The van der Waals surface area contributed by atoms with Crippen LogP contribution in [-0.4, -0.2) is 10.9 Å². The van der Waals surface area contributed by atoms with Crippen LogP contribution in [0.15, 0.2) is 32.8 Å². The zero-order valence-corrected chi connectivity index (χ0v) is 11.4. The highest BCUT2D eigenvalue weighted by Gasteiger charge is 2.15. The van der Waals surface area contributed by atoms with Crippen LogP contribution in [0.5, 0.6) is 0 Å². The standard InChI is InChI=1S/C11H8BrFN2O2S/c12-7-2-1-3-8(13)9(7)10(16)14-4-6-5-18-11(17)15-6/h1-3,5H,4H2,(H,14,16)(H,15,17). The third-order valence-electron chi connectivity index (χ3n) is 2.20. The van der Waals surface area contributed by atoms with Crippen LogP contribution in [-0.2, 0) is 6.54 Å². The summed E-state index contributed by atoms with van der Waals surface area (Å²) < 4.78 is 13.9. The number of rotatable bonds is 3. The predicted molar refractivity (Wildman–Crippen MR) is 70.2 cm³/mol. The summed E-state index contributed by atoms with van der Waals surface area (Å²) in [5, 5.41) is 4.15. The number of halogens is 2. The van der Waals surface area contributed by atoms with Crippen LogP contribution in [0.25, 0.3) is 0 Å². The summed E-state index contributed by atoms with van der Waals surface area (Å²) in [5.74, 6) is -1.13. The minimum atomic E-state index is -0.597. The quantitative estimate of drug-likeness (QED) is 0.906. The number of hydrogen-bond donors (Lipinski definition) is 2. The Morgan fingerprint density at radius 3 is 2.89 bits per heavy atom. The molecule has 4 nitrogen and oxygen atoms in total. The molecule has 0 atom stereocenters. The van der Waals surface area contributed by atoms with E-state index >= 15 is 0 Å². The highest BCUT2D eigenvalue weighted by atomic mass is 79.9. The van der Waals surface area contributed by atoms with E-state index in [2.05, 4.69) is 26.2 Å². The van der Waals surface area contributed by atoms with Gasteiger partial charge in [0.1, 0.15) is 5.82 Å². The van der Waals surface area contributed by atoms with E-state index in [9.17, 15) is 14.0 Å². The molecule has 2 aromatic rings. The maximum Gasteiger partial charge on any atom is 0.304 e. The number of carbonyl (C=O) groups excluding carboxylic acids is 1. The second-order valence-electron chi connectivity index (χ2n) is 3.45. The molecule has 94 valence electrons. The molecular weight excluding hydrogens is 323 g/mol. The van der Waals surface area contributed by atoms with E-state index in [4.69, 9.17) is 0 Å². The van der Waals surface area contributed by atoms with Gasteiger partial charge in [0, 0.05) is 15.5 Å². The van der Waals surface area contributed by atoms with E-state index in [1.54, 1.807) is 11.4 Å².